The molecule has 5 nitrogen and oxygen atoms in total. The van der Waals surface area contributed by atoms with Crippen molar-refractivity contribution in [3.8, 4) is 11.4 Å². The van der Waals surface area contributed by atoms with E-state index >= 15 is 0 Å². The van der Waals surface area contributed by atoms with Gasteiger partial charge in [-0.25, -0.2) is 4.79 Å². The number of pyridine rings is 1. The van der Waals surface area contributed by atoms with Gasteiger partial charge < -0.3 is 5.11 Å². The summed E-state index contributed by atoms with van der Waals surface area (Å²) < 4.78 is 1.72. The van der Waals surface area contributed by atoms with E-state index < -0.39 is 5.97 Å². The molecular weight excluding hydrogens is 230 g/mol. The number of rotatable bonds is 4. The van der Waals surface area contributed by atoms with Gasteiger partial charge in [-0.05, 0) is 24.6 Å². The minimum Gasteiger partial charge on any atom is -0.478 e. The smallest absolute Gasteiger partial charge is 0.337 e. The minimum atomic E-state index is -0.928. The van der Waals surface area contributed by atoms with Crippen LogP contribution in [-0.2, 0) is 13.5 Å². The fraction of sp³-hybridized carbons (Fsp3) is 0.308. The Hall–Kier alpha value is -2.17. The summed E-state index contributed by atoms with van der Waals surface area (Å²) in [5, 5.41) is 13.2. The van der Waals surface area contributed by atoms with Gasteiger partial charge >= 0.3 is 5.97 Å². The highest BCUT2D eigenvalue weighted by molar-refractivity contribution is 5.89. The van der Waals surface area contributed by atoms with Crippen LogP contribution in [0.25, 0.3) is 11.4 Å². The Balaban J connectivity index is 2.49. The van der Waals surface area contributed by atoms with Crippen molar-refractivity contribution in [2.45, 2.75) is 19.8 Å². The van der Waals surface area contributed by atoms with Gasteiger partial charge in [-0.1, -0.05) is 13.3 Å². The molecule has 0 aliphatic rings. The average molecular weight is 245 g/mol. The summed E-state index contributed by atoms with van der Waals surface area (Å²) in [6.07, 6.45) is 3.22. The van der Waals surface area contributed by atoms with Gasteiger partial charge in [-0.2, -0.15) is 5.10 Å². The zero-order valence-electron chi connectivity index (χ0n) is 10.4. The molecule has 5 heteroatoms. The van der Waals surface area contributed by atoms with Crippen molar-refractivity contribution in [1.29, 1.82) is 0 Å². The van der Waals surface area contributed by atoms with E-state index in [0.29, 0.717) is 12.1 Å². The summed E-state index contributed by atoms with van der Waals surface area (Å²) >= 11 is 0. The molecule has 0 atom stereocenters. The van der Waals surface area contributed by atoms with E-state index in [-0.39, 0.29) is 5.56 Å². The van der Waals surface area contributed by atoms with Gasteiger partial charge in [0.15, 0.2) is 0 Å². The third-order valence-corrected chi connectivity index (χ3v) is 2.77. The Labute approximate surface area is 105 Å². The first-order chi connectivity index (χ1) is 8.63. The fourth-order valence-corrected chi connectivity index (χ4v) is 1.89. The fourth-order valence-electron chi connectivity index (χ4n) is 1.89. The van der Waals surface area contributed by atoms with E-state index in [0.717, 1.165) is 17.8 Å². The van der Waals surface area contributed by atoms with Crippen LogP contribution in [0.1, 0.15) is 29.4 Å². The largest absolute Gasteiger partial charge is 0.478 e. The summed E-state index contributed by atoms with van der Waals surface area (Å²) in [6, 6.07) is 5.20. The number of nitrogens with zero attached hydrogens (tertiary/aromatic N) is 3. The Morgan fingerprint density at radius 2 is 2.17 bits per heavy atom. The molecule has 2 rings (SSSR count). The highest BCUT2D eigenvalue weighted by Gasteiger charge is 2.13. The Morgan fingerprint density at radius 1 is 1.39 bits per heavy atom. The van der Waals surface area contributed by atoms with Crippen LogP contribution in [0, 0.1) is 0 Å². The number of carboxylic acids is 1. The molecule has 2 aromatic rings. The number of hydrogen-bond acceptors (Lipinski definition) is 3. The predicted molar refractivity (Wildman–Crippen MR) is 67.4 cm³/mol. The van der Waals surface area contributed by atoms with Crippen LogP contribution in [0.5, 0.6) is 0 Å². The van der Waals surface area contributed by atoms with Crippen LogP contribution in [0.3, 0.4) is 0 Å². The molecule has 0 unspecified atom stereocenters. The number of hydrogen-bond donors (Lipinski definition) is 1. The average Bonchev–Trinajstić information content (AvgIpc) is 2.75. The quantitative estimate of drug-likeness (QED) is 0.896. The summed E-state index contributed by atoms with van der Waals surface area (Å²) in [5.41, 5.74) is 2.54. The van der Waals surface area contributed by atoms with Crippen LogP contribution in [0.2, 0.25) is 0 Å². The maximum atomic E-state index is 11.1. The van der Waals surface area contributed by atoms with Gasteiger partial charge in [0.2, 0.25) is 0 Å². The van der Waals surface area contributed by atoms with Crippen molar-refractivity contribution in [1.82, 2.24) is 14.8 Å². The van der Waals surface area contributed by atoms with Crippen LogP contribution < -0.4 is 0 Å². The highest BCUT2D eigenvalue weighted by Crippen LogP contribution is 2.19. The van der Waals surface area contributed by atoms with Crippen molar-refractivity contribution in [3.05, 3.63) is 35.7 Å². The molecule has 0 spiro atoms. The van der Waals surface area contributed by atoms with Gasteiger partial charge in [-0.15, -0.1) is 0 Å². The van der Waals surface area contributed by atoms with E-state index in [1.807, 2.05) is 20.0 Å². The van der Waals surface area contributed by atoms with Crippen LogP contribution in [-0.4, -0.2) is 25.8 Å². The van der Waals surface area contributed by atoms with Crippen molar-refractivity contribution >= 4 is 5.97 Å². The minimum absolute atomic E-state index is 0.280. The molecule has 0 amide bonds. The first-order valence-corrected chi connectivity index (χ1v) is 5.85. The number of carbonyl (C=O) groups is 1. The molecule has 2 aromatic heterocycles. The molecule has 0 aliphatic heterocycles. The molecule has 0 saturated carbocycles. The van der Waals surface area contributed by atoms with Crippen LogP contribution in [0.15, 0.2) is 24.4 Å². The lowest BCUT2D eigenvalue weighted by molar-refractivity contribution is 0.0695. The van der Waals surface area contributed by atoms with Gasteiger partial charge in [-0.3, -0.25) is 9.67 Å². The molecule has 0 aromatic carbocycles. The molecule has 0 aliphatic carbocycles. The second kappa shape index (κ2) is 5.00. The Morgan fingerprint density at radius 3 is 2.72 bits per heavy atom. The van der Waals surface area contributed by atoms with Crippen molar-refractivity contribution < 1.29 is 9.90 Å². The zero-order chi connectivity index (χ0) is 13.1. The molecule has 0 fully saturated rings. The summed E-state index contributed by atoms with van der Waals surface area (Å²) in [4.78, 5) is 15.5. The van der Waals surface area contributed by atoms with Crippen molar-refractivity contribution in [3.63, 3.8) is 0 Å². The topological polar surface area (TPSA) is 68.0 Å². The molecular formula is C13H15N3O2. The zero-order valence-corrected chi connectivity index (χ0v) is 10.4. The van der Waals surface area contributed by atoms with Gasteiger partial charge in [0.05, 0.1) is 22.6 Å². The van der Waals surface area contributed by atoms with Gasteiger partial charge in [0, 0.05) is 13.2 Å². The molecule has 2 heterocycles. The molecule has 0 bridgehead atoms. The Kier molecular flexibility index (Phi) is 3.41. The van der Waals surface area contributed by atoms with E-state index in [2.05, 4.69) is 10.1 Å². The Bertz CT molecular complexity index is 575. The SMILES string of the molecule is CCCc1nc(-c2ccnn2C)ccc1C(=O)O. The first-order valence-electron chi connectivity index (χ1n) is 5.85. The number of aromatic nitrogens is 3. The molecule has 1 N–H and O–H groups in total. The lowest BCUT2D eigenvalue weighted by atomic mass is 10.1. The van der Waals surface area contributed by atoms with E-state index in [9.17, 15) is 4.79 Å². The lowest BCUT2D eigenvalue weighted by Gasteiger charge is -2.07. The normalized spacial score (nSPS) is 10.6. The predicted octanol–water partition coefficient (Wildman–Crippen LogP) is 2.13. The third kappa shape index (κ3) is 2.25. The lowest BCUT2D eigenvalue weighted by Crippen LogP contribution is -2.06. The molecule has 94 valence electrons. The maximum Gasteiger partial charge on any atom is 0.337 e. The monoisotopic (exact) mass is 245 g/mol. The summed E-state index contributed by atoms with van der Waals surface area (Å²) in [7, 11) is 1.83. The second-order valence-corrected chi connectivity index (χ2v) is 4.09. The summed E-state index contributed by atoms with van der Waals surface area (Å²) in [5.74, 6) is -0.928. The maximum absolute atomic E-state index is 11.1. The van der Waals surface area contributed by atoms with Gasteiger partial charge in [0.1, 0.15) is 0 Å². The van der Waals surface area contributed by atoms with E-state index in [1.165, 1.54) is 0 Å². The molecule has 0 radical (unpaired) electrons. The third-order valence-electron chi connectivity index (χ3n) is 2.77. The van der Waals surface area contributed by atoms with E-state index in [1.54, 1.807) is 23.0 Å². The van der Waals surface area contributed by atoms with Crippen molar-refractivity contribution in [2.24, 2.45) is 7.05 Å². The summed E-state index contributed by atoms with van der Waals surface area (Å²) in [6.45, 7) is 2.00. The number of aromatic carboxylic acids is 1. The van der Waals surface area contributed by atoms with E-state index in [4.69, 9.17) is 5.11 Å². The number of aryl methyl sites for hydroxylation is 2. The first kappa shape index (κ1) is 12.3. The molecule has 0 saturated heterocycles. The van der Waals surface area contributed by atoms with Crippen LogP contribution >= 0.6 is 0 Å². The second-order valence-electron chi connectivity index (χ2n) is 4.09. The standard InChI is InChI=1S/C13H15N3O2/c1-3-4-10-9(13(17)18)5-6-11(15-10)12-7-8-14-16(12)2/h5-8H,3-4H2,1-2H3,(H,17,18). The van der Waals surface area contributed by atoms with Crippen molar-refractivity contribution in [2.75, 3.05) is 0 Å². The van der Waals surface area contributed by atoms with Crippen LogP contribution in [0.4, 0.5) is 0 Å². The number of carboxylic acid groups (broad SMARTS) is 1. The highest BCUT2D eigenvalue weighted by atomic mass is 16.4. The van der Waals surface area contributed by atoms with Gasteiger partial charge in [0.25, 0.3) is 0 Å². The molecule has 18 heavy (non-hydrogen) atoms.